The maximum atomic E-state index is 5.54. The molecular formula is C12H15N3. The summed E-state index contributed by atoms with van der Waals surface area (Å²) in [5.74, 6) is 0. The summed E-state index contributed by atoms with van der Waals surface area (Å²) in [5, 5.41) is 4.23. The topological polar surface area (TPSA) is 43.8 Å². The lowest BCUT2D eigenvalue weighted by molar-refractivity contribution is 0.866. The van der Waals surface area contributed by atoms with Crippen molar-refractivity contribution in [3.63, 3.8) is 0 Å². The lowest BCUT2D eigenvalue weighted by Crippen LogP contribution is -2.04. The third kappa shape index (κ3) is 2.07. The zero-order valence-corrected chi connectivity index (χ0v) is 8.85. The first kappa shape index (κ1) is 9.93. The van der Waals surface area contributed by atoms with Crippen LogP contribution in [0.15, 0.2) is 36.7 Å². The molecule has 1 heterocycles. The highest BCUT2D eigenvalue weighted by atomic mass is 15.3. The summed E-state index contributed by atoms with van der Waals surface area (Å²) in [6.07, 6.45) is 4.65. The minimum Gasteiger partial charge on any atom is -0.330 e. The van der Waals surface area contributed by atoms with Gasteiger partial charge in [-0.05, 0) is 43.1 Å². The Hall–Kier alpha value is -1.61. The molecule has 78 valence electrons. The lowest BCUT2D eigenvalue weighted by Gasteiger charge is -2.08. The Morgan fingerprint density at radius 2 is 2.27 bits per heavy atom. The molecule has 0 bridgehead atoms. The van der Waals surface area contributed by atoms with E-state index < -0.39 is 0 Å². The van der Waals surface area contributed by atoms with E-state index in [0.29, 0.717) is 6.54 Å². The largest absolute Gasteiger partial charge is 0.330 e. The molecule has 0 aliphatic carbocycles. The second-order valence-corrected chi connectivity index (χ2v) is 3.61. The van der Waals surface area contributed by atoms with Gasteiger partial charge in [-0.3, -0.25) is 0 Å². The van der Waals surface area contributed by atoms with Gasteiger partial charge in [0.25, 0.3) is 0 Å². The highest BCUT2D eigenvalue weighted by molar-refractivity contribution is 5.42. The van der Waals surface area contributed by atoms with Gasteiger partial charge in [0.2, 0.25) is 0 Å². The Morgan fingerprint density at radius 1 is 1.40 bits per heavy atom. The second-order valence-electron chi connectivity index (χ2n) is 3.61. The van der Waals surface area contributed by atoms with Crippen molar-refractivity contribution < 1.29 is 0 Å². The Balaban J connectivity index is 2.41. The summed E-state index contributed by atoms with van der Waals surface area (Å²) in [4.78, 5) is 0. The number of nitrogens with zero attached hydrogens (tertiary/aromatic N) is 2. The van der Waals surface area contributed by atoms with Crippen LogP contribution in [-0.4, -0.2) is 16.3 Å². The Morgan fingerprint density at radius 3 is 2.93 bits per heavy atom. The molecule has 15 heavy (non-hydrogen) atoms. The summed E-state index contributed by atoms with van der Waals surface area (Å²) in [6.45, 7) is 2.77. The van der Waals surface area contributed by atoms with Crippen molar-refractivity contribution in [1.29, 1.82) is 0 Å². The van der Waals surface area contributed by atoms with Crippen molar-refractivity contribution in [2.75, 3.05) is 6.54 Å². The van der Waals surface area contributed by atoms with Crippen LogP contribution in [0.5, 0.6) is 0 Å². The molecular weight excluding hydrogens is 186 g/mol. The average Bonchev–Trinajstić information content (AvgIpc) is 2.74. The van der Waals surface area contributed by atoms with Gasteiger partial charge in [-0.1, -0.05) is 12.1 Å². The van der Waals surface area contributed by atoms with Gasteiger partial charge >= 0.3 is 0 Å². The fraction of sp³-hybridized carbons (Fsp3) is 0.250. The van der Waals surface area contributed by atoms with Crippen molar-refractivity contribution in [2.45, 2.75) is 13.3 Å². The third-order valence-electron chi connectivity index (χ3n) is 2.46. The second kappa shape index (κ2) is 4.28. The van der Waals surface area contributed by atoms with Gasteiger partial charge in [-0.15, -0.1) is 0 Å². The van der Waals surface area contributed by atoms with Crippen LogP contribution in [-0.2, 0) is 6.42 Å². The quantitative estimate of drug-likeness (QED) is 0.821. The number of nitrogens with two attached hydrogens (primary N) is 1. The molecule has 0 saturated carbocycles. The fourth-order valence-electron chi connectivity index (χ4n) is 1.64. The van der Waals surface area contributed by atoms with Crippen LogP contribution in [0.25, 0.3) is 5.69 Å². The molecule has 0 radical (unpaired) electrons. The van der Waals surface area contributed by atoms with Gasteiger partial charge in [-0.2, -0.15) is 5.10 Å². The first-order valence-electron chi connectivity index (χ1n) is 5.11. The first-order chi connectivity index (χ1) is 7.31. The molecule has 2 aromatic rings. The molecule has 1 aromatic heterocycles. The fourth-order valence-corrected chi connectivity index (χ4v) is 1.64. The maximum Gasteiger partial charge on any atom is 0.0677 e. The van der Waals surface area contributed by atoms with Gasteiger partial charge < -0.3 is 5.73 Å². The van der Waals surface area contributed by atoms with Gasteiger partial charge in [0, 0.05) is 12.4 Å². The normalized spacial score (nSPS) is 10.5. The molecule has 3 heteroatoms. The van der Waals surface area contributed by atoms with E-state index in [9.17, 15) is 0 Å². The van der Waals surface area contributed by atoms with Crippen LogP contribution < -0.4 is 5.73 Å². The summed E-state index contributed by atoms with van der Waals surface area (Å²) >= 11 is 0. The Kier molecular flexibility index (Phi) is 2.83. The zero-order chi connectivity index (χ0) is 10.7. The van der Waals surface area contributed by atoms with Crippen LogP contribution >= 0.6 is 0 Å². The predicted octanol–water partition coefficient (Wildman–Crippen LogP) is 1.68. The Bertz CT molecular complexity index is 432. The number of hydrogen-bond donors (Lipinski definition) is 1. The molecule has 0 amide bonds. The number of hydrogen-bond acceptors (Lipinski definition) is 2. The minimum absolute atomic E-state index is 0.682. The van der Waals surface area contributed by atoms with E-state index in [4.69, 9.17) is 5.73 Å². The Labute approximate surface area is 89.5 Å². The van der Waals surface area contributed by atoms with E-state index in [2.05, 4.69) is 30.2 Å². The molecule has 2 rings (SSSR count). The number of benzene rings is 1. The lowest BCUT2D eigenvalue weighted by atomic mass is 10.1. The molecule has 3 nitrogen and oxygen atoms in total. The van der Waals surface area contributed by atoms with Crippen LogP contribution in [0.3, 0.4) is 0 Å². The molecule has 0 saturated heterocycles. The third-order valence-corrected chi connectivity index (χ3v) is 2.46. The zero-order valence-electron chi connectivity index (χ0n) is 8.85. The van der Waals surface area contributed by atoms with Gasteiger partial charge in [0.15, 0.2) is 0 Å². The van der Waals surface area contributed by atoms with Crippen LogP contribution in [0, 0.1) is 6.92 Å². The SMILES string of the molecule is Cc1ccc(CCN)cc1-n1cccn1. The smallest absolute Gasteiger partial charge is 0.0677 e. The summed E-state index contributed by atoms with van der Waals surface area (Å²) in [6, 6.07) is 8.31. The molecule has 0 fully saturated rings. The molecule has 0 spiro atoms. The van der Waals surface area contributed by atoms with Crippen LogP contribution in [0.2, 0.25) is 0 Å². The highest BCUT2D eigenvalue weighted by Crippen LogP contribution is 2.15. The van der Waals surface area contributed by atoms with Crippen LogP contribution in [0.4, 0.5) is 0 Å². The highest BCUT2D eigenvalue weighted by Gasteiger charge is 2.02. The number of aromatic nitrogens is 2. The summed E-state index contributed by atoms with van der Waals surface area (Å²) < 4.78 is 1.88. The molecule has 2 N–H and O–H groups in total. The van der Waals surface area contributed by atoms with Crippen molar-refractivity contribution in [2.24, 2.45) is 5.73 Å². The van der Waals surface area contributed by atoms with Gasteiger partial charge in [0.1, 0.15) is 0 Å². The van der Waals surface area contributed by atoms with E-state index in [1.54, 1.807) is 6.20 Å². The standard InChI is InChI=1S/C12H15N3/c1-10-3-4-11(5-6-13)9-12(10)15-8-2-7-14-15/h2-4,7-9H,5-6,13H2,1H3. The van der Waals surface area contributed by atoms with Crippen LogP contribution in [0.1, 0.15) is 11.1 Å². The van der Waals surface area contributed by atoms with E-state index in [-0.39, 0.29) is 0 Å². The minimum atomic E-state index is 0.682. The van der Waals surface area contributed by atoms with Crippen molar-refractivity contribution >= 4 is 0 Å². The van der Waals surface area contributed by atoms with E-state index in [1.807, 2.05) is 16.9 Å². The maximum absolute atomic E-state index is 5.54. The molecule has 1 aromatic carbocycles. The van der Waals surface area contributed by atoms with E-state index >= 15 is 0 Å². The van der Waals surface area contributed by atoms with Gasteiger partial charge in [0.05, 0.1) is 5.69 Å². The monoisotopic (exact) mass is 201 g/mol. The predicted molar refractivity (Wildman–Crippen MR) is 61.1 cm³/mol. The van der Waals surface area contributed by atoms with E-state index in [1.165, 1.54) is 11.1 Å². The van der Waals surface area contributed by atoms with E-state index in [0.717, 1.165) is 12.1 Å². The van der Waals surface area contributed by atoms with Gasteiger partial charge in [-0.25, -0.2) is 4.68 Å². The first-order valence-corrected chi connectivity index (χ1v) is 5.11. The summed E-state index contributed by atoms with van der Waals surface area (Å²) in [7, 11) is 0. The van der Waals surface area contributed by atoms with Crippen molar-refractivity contribution in [1.82, 2.24) is 9.78 Å². The average molecular weight is 201 g/mol. The summed E-state index contributed by atoms with van der Waals surface area (Å²) in [5.41, 5.74) is 9.16. The molecule has 0 aliphatic rings. The molecule has 0 atom stereocenters. The number of rotatable bonds is 3. The van der Waals surface area contributed by atoms with Crippen molar-refractivity contribution in [3.05, 3.63) is 47.8 Å². The molecule has 0 unspecified atom stereocenters. The number of aryl methyl sites for hydroxylation is 1. The molecule has 0 aliphatic heterocycles. The van der Waals surface area contributed by atoms with Crippen molar-refractivity contribution in [3.8, 4) is 5.69 Å².